The van der Waals surface area contributed by atoms with Crippen LogP contribution >= 0.6 is 7.82 Å². The summed E-state index contributed by atoms with van der Waals surface area (Å²) in [6, 6.07) is 0. The third-order valence-electron chi connectivity index (χ3n) is 10.5. The highest BCUT2D eigenvalue weighted by Gasteiger charge is 2.36. The van der Waals surface area contributed by atoms with Crippen LogP contribution in [0.2, 0.25) is 0 Å². The first-order valence-electron chi connectivity index (χ1n) is 24.1. The van der Waals surface area contributed by atoms with Gasteiger partial charge in [0.2, 0.25) is 0 Å². The van der Waals surface area contributed by atoms with E-state index in [2.05, 4.69) is 62.5 Å². The number of epoxide rings is 1. The van der Waals surface area contributed by atoms with Gasteiger partial charge in [0.05, 0.1) is 40.0 Å². The molecule has 0 aliphatic carbocycles. The molecule has 0 spiro atoms. The van der Waals surface area contributed by atoms with E-state index in [1.165, 1.54) is 83.5 Å². The highest BCUT2D eigenvalue weighted by Crippen LogP contribution is 2.43. The topological polar surface area (TPSA) is 121 Å². The smallest absolute Gasteiger partial charge is 0.462 e. The summed E-state index contributed by atoms with van der Waals surface area (Å²) in [7, 11) is 1.43. The van der Waals surface area contributed by atoms with Crippen LogP contribution in [-0.2, 0) is 37.4 Å². The van der Waals surface area contributed by atoms with E-state index >= 15 is 0 Å². The van der Waals surface area contributed by atoms with Crippen LogP contribution < -0.4 is 0 Å². The van der Waals surface area contributed by atoms with E-state index in [1.54, 1.807) is 0 Å². The first-order valence-corrected chi connectivity index (χ1v) is 25.6. The summed E-state index contributed by atoms with van der Waals surface area (Å²) in [5, 5.41) is 0. The maximum absolute atomic E-state index is 12.7. The van der Waals surface area contributed by atoms with Crippen molar-refractivity contribution in [2.45, 2.75) is 199 Å². The first-order chi connectivity index (χ1) is 29.5. The van der Waals surface area contributed by atoms with Crippen LogP contribution in [0, 0.1) is 0 Å². The zero-order chi connectivity index (χ0) is 44.7. The number of ether oxygens (including phenoxy) is 3. The summed E-state index contributed by atoms with van der Waals surface area (Å²) < 4.78 is 40.0. The molecule has 0 amide bonds. The molecule has 61 heavy (non-hydrogen) atoms. The molecule has 3 unspecified atom stereocenters. The Balaban J connectivity index is 2.28. The van der Waals surface area contributed by atoms with Gasteiger partial charge >= 0.3 is 19.8 Å². The van der Waals surface area contributed by atoms with Gasteiger partial charge in [0.15, 0.2) is 6.10 Å². The Morgan fingerprint density at radius 1 is 0.607 bits per heavy atom. The zero-order valence-electron chi connectivity index (χ0n) is 39.3. The number of carbonyl (C=O) groups is 2. The van der Waals surface area contributed by atoms with Crippen molar-refractivity contribution in [2.75, 3.05) is 47.5 Å². The number of phosphoric acid groups is 1. The van der Waals surface area contributed by atoms with Crippen molar-refractivity contribution >= 4 is 19.8 Å². The molecular formula is C50H89NO9P+. The van der Waals surface area contributed by atoms with Crippen molar-refractivity contribution in [3.8, 4) is 0 Å². The quantitative estimate of drug-likeness (QED) is 0.0159. The number of unbranched alkanes of at least 4 members (excludes halogenated alkanes) is 16. The lowest BCUT2D eigenvalue weighted by Gasteiger charge is -2.24. The molecule has 0 bridgehead atoms. The van der Waals surface area contributed by atoms with Crippen LogP contribution in [0.5, 0.6) is 0 Å². The molecule has 1 heterocycles. The van der Waals surface area contributed by atoms with Crippen molar-refractivity contribution in [1.29, 1.82) is 0 Å². The lowest BCUT2D eigenvalue weighted by Crippen LogP contribution is -2.37. The maximum Gasteiger partial charge on any atom is 0.472 e. The third-order valence-corrected chi connectivity index (χ3v) is 11.5. The number of nitrogens with zero attached hydrogens (tertiary/aromatic N) is 1. The Bertz CT molecular complexity index is 1290. The Hall–Kier alpha value is -2.33. The maximum atomic E-state index is 12.7. The summed E-state index contributed by atoms with van der Waals surface area (Å²) in [6.45, 7) is 4.22. The number of likely N-dealkylation sites (N-methyl/N-ethyl adjacent to an activating group) is 1. The van der Waals surface area contributed by atoms with E-state index in [4.69, 9.17) is 23.3 Å². The van der Waals surface area contributed by atoms with Crippen molar-refractivity contribution in [3.05, 3.63) is 60.8 Å². The Morgan fingerprint density at radius 2 is 1.08 bits per heavy atom. The summed E-state index contributed by atoms with van der Waals surface area (Å²) >= 11 is 0. The normalized spacial score (nSPS) is 17.3. The molecule has 1 saturated heterocycles. The van der Waals surface area contributed by atoms with Gasteiger partial charge in [0.1, 0.15) is 19.8 Å². The fourth-order valence-electron chi connectivity index (χ4n) is 6.61. The van der Waals surface area contributed by atoms with Gasteiger partial charge < -0.3 is 23.6 Å². The lowest BCUT2D eigenvalue weighted by molar-refractivity contribution is -0.870. The molecule has 1 aliphatic rings. The number of quaternary nitrogens is 1. The van der Waals surface area contributed by atoms with E-state index < -0.39 is 32.5 Å². The van der Waals surface area contributed by atoms with E-state index in [1.807, 2.05) is 33.3 Å². The largest absolute Gasteiger partial charge is 0.472 e. The molecule has 11 heteroatoms. The molecule has 0 aromatic carbocycles. The Morgan fingerprint density at radius 3 is 1.59 bits per heavy atom. The summed E-state index contributed by atoms with van der Waals surface area (Å²) in [4.78, 5) is 35.4. The Kier molecular flexibility index (Phi) is 35.5. The van der Waals surface area contributed by atoms with Gasteiger partial charge in [-0.15, -0.1) is 0 Å². The fourth-order valence-corrected chi connectivity index (χ4v) is 7.35. The van der Waals surface area contributed by atoms with Crippen molar-refractivity contribution < 1.29 is 46.8 Å². The molecule has 0 radical (unpaired) electrons. The molecule has 352 valence electrons. The zero-order valence-corrected chi connectivity index (χ0v) is 40.2. The SMILES string of the molecule is CC/C=C\CC1OC1C/C=C\C/C=C\C/C=C\C/C=C\CCC(=O)OC[C@H](COP(=O)(O)OCC[N+](C)(C)C)OC(=O)CCCCCCCCCCCCCCCCCCC. The van der Waals surface area contributed by atoms with Gasteiger partial charge in [-0.05, 0) is 51.4 Å². The summed E-state index contributed by atoms with van der Waals surface area (Å²) in [5.74, 6) is -0.898. The van der Waals surface area contributed by atoms with Gasteiger partial charge in [0.25, 0.3) is 0 Å². The average molecular weight is 879 g/mol. The van der Waals surface area contributed by atoms with Crippen LogP contribution in [-0.4, -0.2) is 87.1 Å². The lowest BCUT2D eigenvalue weighted by atomic mass is 10.0. The Labute approximate surface area is 372 Å². The first kappa shape index (κ1) is 56.7. The van der Waals surface area contributed by atoms with Gasteiger partial charge in [0, 0.05) is 12.8 Å². The third kappa shape index (κ3) is 39.0. The van der Waals surface area contributed by atoms with Crippen LogP contribution in [0.4, 0.5) is 0 Å². The van der Waals surface area contributed by atoms with E-state index in [-0.39, 0.29) is 26.1 Å². The number of esters is 2. The highest BCUT2D eigenvalue weighted by molar-refractivity contribution is 7.47. The molecule has 0 aromatic rings. The predicted octanol–water partition coefficient (Wildman–Crippen LogP) is 13.0. The van der Waals surface area contributed by atoms with E-state index in [0.717, 1.165) is 57.8 Å². The molecule has 1 aliphatic heterocycles. The molecule has 0 saturated carbocycles. The minimum atomic E-state index is -4.40. The molecule has 1 rings (SSSR count). The number of carbonyl (C=O) groups excluding carboxylic acids is 2. The number of phosphoric ester groups is 1. The van der Waals surface area contributed by atoms with Crippen LogP contribution in [0.3, 0.4) is 0 Å². The minimum absolute atomic E-state index is 0.0175. The average Bonchev–Trinajstić information content (AvgIpc) is 3.97. The molecule has 1 N–H and O–H groups in total. The second-order valence-corrected chi connectivity index (χ2v) is 19.0. The van der Waals surface area contributed by atoms with E-state index in [0.29, 0.717) is 36.1 Å². The van der Waals surface area contributed by atoms with Gasteiger partial charge in [-0.1, -0.05) is 177 Å². The number of hydrogen-bond donors (Lipinski definition) is 1. The molecule has 4 atom stereocenters. The van der Waals surface area contributed by atoms with Gasteiger partial charge in [-0.2, -0.15) is 0 Å². The highest BCUT2D eigenvalue weighted by atomic mass is 31.2. The molecule has 10 nitrogen and oxygen atoms in total. The summed E-state index contributed by atoms with van der Waals surface area (Å²) in [5.41, 5.74) is 0. The second-order valence-electron chi connectivity index (χ2n) is 17.5. The van der Waals surface area contributed by atoms with Gasteiger partial charge in [-0.3, -0.25) is 18.6 Å². The molecule has 1 fully saturated rings. The summed E-state index contributed by atoms with van der Waals surface area (Å²) in [6.07, 6.45) is 48.9. The van der Waals surface area contributed by atoms with Crippen LogP contribution in [0.1, 0.15) is 181 Å². The monoisotopic (exact) mass is 879 g/mol. The fraction of sp³-hybridized carbons (Fsp3) is 0.760. The second kappa shape index (κ2) is 38.2. The van der Waals surface area contributed by atoms with Crippen molar-refractivity contribution in [1.82, 2.24) is 0 Å². The standard InChI is InChI=1S/C50H88NO9P/c1-6-8-10-11-12-13-14-15-16-17-18-19-24-27-30-33-37-41-50(53)59-46(45-58-61(54,55)57-43-42-51(3,4)5)44-56-49(52)40-36-32-29-26-23-21-20-22-25-28-31-35-39-48-47(60-48)38-34-9-7-2/h9,21-23,25,29,31-32,34-35,46-48H,6-8,10-20,24,26-28,30,33,36-45H2,1-5H3/p+1/b23-21-,25-22-,32-29-,34-9-,35-31-/t46-,47?,48?/m1/s1. The molecular weight excluding hydrogens is 790 g/mol. The van der Waals surface area contributed by atoms with Crippen molar-refractivity contribution in [2.24, 2.45) is 0 Å². The van der Waals surface area contributed by atoms with E-state index in [9.17, 15) is 19.0 Å². The van der Waals surface area contributed by atoms with Crippen LogP contribution in [0.15, 0.2) is 60.8 Å². The minimum Gasteiger partial charge on any atom is -0.462 e. The van der Waals surface area contributed by atoms with Gasteiger partial charge in [-0.25, -0.2) is 4.57 Å². The number of hydrogen-bond acceptors (Lipinski definition) is 8. The predicted molar refractivity (Wildman–Crippen MR) is 251 cm³/mol. The number of rotatable bonds is 42. The van der Waals surface area contributed by atoms with Crippen LogP contribution in [0.25, 0.3) is 0 Å². The number of allylic oxidation sites excluding steroid dienone is 8. The van der Waals surface area contributed by atoms with Crippen molar-refractivity contribution in [3.63, 3.8) is 0 Å². The molecule has 0 aromatic heterocycles.